The molecule has 0 atom stereocenters. The number of benzene rings is 2. The number of Topliss-reactive ketones (excluding diaryl/α,β-unsaturated/α-hetero) is 1. The number of hydrogen-bond donors (Lipinski definition) is 3. The van der Waals surface area contributed by atoms with E-state index in [1.807, 2.05) is 6.92 Å². The van der Waals surface area contributed by atoms with E-state index in [0.29, 0.717) is 46.7 Å². The Bertz CT molecular complexity index is 1180. The van der Waals surface area contributed by atoms with Crippen molar-refractivity contribution >= 4 is 40.4 Å². The molecule has 2 aromatic carbocycles. The van der Waals surface area contributed by atoms with Gasteiger partial charge in [-0.25, -0.2) is 0 Å². The number of carbonyl (C=O) groups excluding carboxylic acids is 3. The normalized spacial score (nSPS) is 12.0. The second-order valence-corrected chi connectivity index (χ2v) is 8.32. The van der Waals surface area contributed by atoms with Gasteiger partial charge in [0.2, 0.25) is 5.91 Å². The van der Waals surface area contributed by atoms with Gasteiger partial charge in [-0.1, -0.05) is 0 Å². The standard InChI is InChI=1S/C25H30N4O5.BrH/c1-6-34-22-9-17-12-29(24(26)19(17)10-20(22)25(33)27-4)13-21(31)16-7-14(2)23(32)18(8-16)11-28(5)15(3)30;/h7-10,26,32H,6,11-13H2,1-5H3,(H,27,33);1H. The molecule has 3 rings (SSSR count). The molecule has 0 aromatic heterocycles. The van der Waals surface area contributed by atoms with Crippen LogP contribution in [0.15, 0.2) is 24.3 Å². The van der Waals surface area contributed by atoms with Crippen LogP contribution < -0.4 is 10.1 Å². The van der Waals surface area contributed by atoms with Crippen LogP contribution in [0.4, 0.5) is 0 Å². The van der Waals surface area contributed by atoms with Gasteiger partial charge in [0.05, 0.1) is 18.7 Å². The second kappa shape index (κ2) is 11.4. The van der Waals surface area contributed by atoms with Crippen LogP contribution in [0.25, 0.3) is 0 Å². The topological polar surface area (TPSA) is 123 Å². The summed E-state index contributed by atoms with van der Waals surface area (Å²) in [6.45, 7) is 5.83. The number of hydrogen-bond acceptors (Lipinski definition) is 6. The van der Waals surface area contributed by atoms with E-state index < -0.39 is 0 Å². The third-order valence-electron chi connectivity index (χ3n) is 5.89. The zero-order chi connectivity index (χ0) is 25.2. The molecule has 0 radical (unpaired) electrons. The summed E-state index contributed by atoms with van der Waals surface area (Å²) < 4.78 is 5.62. The number of carbonyl (C=O) groups is 3. The predicted molar refractivity (Wildman–Crippen MR) is 138 cm³/mol. The average Bonchev–Trinajstić information content (AvgIpc) is 3.09. The number of aromatic hydroxyl groups is 1. The first kappa shape index (κ1) is 27.8. The minimum Gasteiger partial charge on any atom is -0.507 e. The van der Waals surface area contributed by atoms with Crippen LogP contribution in [0.5, 0.6) is 11.5 Å². The fraction of sp³-hybridized carbons (Fsp3) is 0.360. The number of halogens is 1. The number of phenolic OH excluding ortho intramolecular Hbond substituents is 1. The van der Waals surface area contributed by atoms with Crippen molar-refractivity contribution in [3.05, 3.63) is 57.6 Å². The number of rotatable bonds is 8. The van der Waals surface area contributed by atoms with E-state index in [0.717, 1.165) is 5.56 Å². The Labute approximate surface area is 215 Å². The van der Waals surface area contributed by atoms with Gasteiger partial charge in [-0.05, 0) is 49.2 Å². The summed E-state index contributed by atoms with van der Waals surface area (Å²) in [6.07, 6.45) is 0. The molecule has 3 N–H and O–H groups in total. The maximum Gasteiger partial charge on any atom is 0.254 e. The van der Waals surface area contributed by atoms with Gasteiger partial charge < -0.3 is 25.0 Å². The summed E-state index contributed by atoms with van der Waals surface area (Å²) in [4.78, 5) is 40.1. The number of ether oxygens (including phenoxy) is 1. The first-order chi connectivity index (χ1) is 16.1. The van der Waals surface area contributed by atoms with Crippen LogP contribution in [0.1, 0.15) is 56.8 Å². The van der Waals surface area contributed by atoms with Crippen LogP contribution in [0.2, 0.25) is 0 Å². The Morgan fingerprint density at radius 3 is 2.51 bits per heavy atom. The quantitative estimate of drug-likeness (QED) is 0.437. The predicted octanol–water partition coefficient (Wildman–Crippen LogP) is 3.04. The lowest BCUT2D eigenvalue weighted by Gasteiger charge is -2.19. The van der Waals surface area contributed by atoms with Crippen molar-refractivity contribution < 1.29 is 24.2 Å². The zero-order valence-corrected chi connectivity index (χ0v) is 22.2. The SMILES string of the molecule is Br.CCOc1cc2c(cc1C(=O)NC)C(=N)N(CC(=O)c1cc(C)c(O)c(CN(C)C(C)=O)c1)C2. The summed E-state index contributed by atoms with van der Waals surface area (Å²) in [5.41, 5.74) is 3.15. The highest BCUT2D eigenvalue weighted by molar-refractivity contribution is 8.93. The number of aryl methyl sites for hydroxylation is 1. The Hall–Kier alpha value is -3.40. The number of phenols is 1. The van der Waals surface area contributed by atoms with Crippen LogP contribution in [-0.2, 0) is 17.9 Å². The molecule has 0 aliphatic carbocycles. The van der Waals surface area contributed by atoms with Crippen molar-refractivity contribution in [2.75, 3.05) is 27.2 Å². The molecular weight excluding hydrogens is 516 g/mol. The molecule has 0 unspecified atom stereocenters. The summed E-state index contributed by atoms with van der Waals surface area (Å²) in [6, 6.07) is 6.58. The third kappa shape index (κ3) is 5.82. The molecule has 10 heteroatoms. The molecule has 1 aliphatic rings. The maximum atomic E-state index is 13.1. The molecule has 0 saturated heterocycles. The Morgan fingerprint density at radius 1 is 1.23 bits per heavy atom. The van der Waals surface area contributed by atoms with Gasteiger partial charge in [-0.2, -0.15) is 0 Å². The van der Waals surface area contributed by atoms with E-state index in [9.17, 15) is 19.5 Å². The number of amidine groups is 1. The molecule has 2 amide bonds. The van der Waals surface area contributed by atoms with E-state index in [-0.39, 0.29) is 59.3 Å². The molecule has 0 saturated carbocycles. The van der Waals surface area contributed by atoms with Crippen molar-refractivity contribution in [1.82, 2.24) is 15.1 Å². The number of nitrogens with one attached hydrogen (secondary N) is 2. The third-order valence-corrected chi connectivity index (χ3v) is 5.89. The number of fused-ring (bicyclic) bond motifs is 1. The van der Waals surface area contributed by atoms with Gasteiger partial charge in [0.1, 0.15) is 17.3 Å². The zero-order valence-electron chi connectivity index (χ0n) is 20.5. The molecule has 9 nitrogen and oxygen atoms in total. The number of ketones is 1. The minimum absolute atomic E-state index is 0. The van der Waals surface area contributed by atoms with Gasteiger partial charge in [0, 0.05) is 50.8 Å². The van der Waals surface area contributed by atoms with E-state index in [4.69, 9.17) is 10.1 Å². The molecule has 188 valence electrons. The average molecular weight is 547 g/mol. The van der Waals surface area contributed by atoms with Gasteiger partial charge in [-0.3, -0.25) is 19.8 Å². The Morgan fingerprint density at radius 2 is 1.91 bits per heavy atom. The van der Waals surface area contributed by atoms with Crippen molar-refractivity contribution in [1.29, 1.82) is 5.41 Å². The van der Waals surface area contributed by atoms with Gasteiger partial charge in [0.15, 0.2) is 5.78 Å². The summed E-state index contributed by atoms with van der Waals surface area (Å²) in [5, 5.41) is 21.6. The highest BCUT2D eigenvalue weighted by Gasteiger charge is 2.29. The molecular formula is C25H31BrN4O5. The van der Waals surface area contributed by atoms with E-state index in [1.54, 1.807) is 43.1 Å². The lowest BCUT2D eigenvalue weighted by Crippen LogP contribution is -2.30. The van der Waals surface area contributed by atoms with E-state index in [2.05, 4.69) is 5.32 Å². The molecule has 0 bridgehead atoms. The molecule has 0 spiro atoms. The van der Waals surface area contributed by atoms with Gasteiger partial charge >= 0.3 is 0 Å². The molecule has 0 fully saturated rings. The van der Waals surface area contributed by atoms with Crippen LogP contribution in [0.3, 0.4) is 0 Å². The first-order valence-electron chi connectivity index (χ1n) is 11.0. The van der Waals surface area contributed by atoms with Crippen molar-refractivity contribution in [2.24, 2.45) is 0 Å². The van der Waals surface area contributed by atoms with Gasteiger partial charge in [0.25, 0.3) is 5.91 Å². The lowest BCUT2D eigenvalue weighted by atomic mass is 10.0. The molecule has 35 heavy (non-hydrogen) atoms. The first-order valence-corrected chi connectivity index (χ1v) is 11.0. The van der Waals surface area contributed by atoms with Gasteiger partial charge in [-0.15, -0.1) is 17.0 Å². The largest absolute Gasteiger partial charge is 0.507 e. The van der Waals surface area contributed by atoms with Crippen LogP contribution in [-0.4, -0.2) is 65.6 Å². The summed E-state index contributed by atoms with van der Waals surface area (Å²) >= 11 is 0. The van der Waals surface area contributed by atoms with Crippen molar-refractivity contribution in [3.63, 3.8) is 0 Å². The van der Waals surface area contributed by atoms with Crippen LogP contribution in [0, 0.1) is 12.3 Å². The molecule has 1 aliphatic heterocycles. The van der Waals surface area contributed by atoms with E-state index in [1.165, 1.54) is 18.9 Å². The second-order valence-electron chi connectivity index (χ2n) is 8.32. The Kier molecular flexibility index (Phi) is 9.03. The van der Waals surface area contributed by atoms with Crippen molar-refractivity contribution in [2.45, 2.75) is 33.9 Å². The Balaban J connectivity index is 0.00000432. The number of amides is 2. The van der Waals surface area contributed by atoms with E-state index >= 15 is 0 Å². The number of nitrogens with zero attached hydrogens (tertiary/aromatic N) is 2. The molecule has 2 aromatic rings. The molecule has 1 heterocycles. The maximum absolute atomic E-state index is 13.1. The summed E-state index contributed by atoms with van der Waals surface area (Å²) in [5.74, 6) is -0.0329. The summed E-state index contributed by atoms with van der Waals surface area (Å²) in [7, 11) is 3.15. The highest BCUT2D eigenvalue weighted by atomic mass is 79.9. The highest BCUT2D eigenvalue weighted by Crippen LogP contribution is 2.31. The van der Waals surface area contributed by atoms with Crippen molar-refractivity contribution in [3.8, 4) is 11.5 Å². The fourth-order valence-corrected chi connectivity index (χ4v) is 3.92. The fourth-order valence-electron chi connectivity index (χ4n) is 3.92. The van der Waals surface area contributed by atoms with Crippen LogP contribution >= 0.6 is 17.0 Å². The smallest absolute Gasteiger partial charge is 0.254 e. The monoisotopic (exact) mass is 546 g/mol. The minimum atomic E-state index is -0.309. The lowest BCUT2D eigenvalue weighted by molar-refractivity contribution is -0.128.